The van der Waals surface area contributed by atoms with Crippen LogP contribution in [0.3, 0.4) is 0 Å². The van der Waals surface area contributed by atoms with Crippen LogP contribution in [0.2, 0.25) is 0 Å². The van der Waals surface area contributed by atoms with Gasteiger partial charge in [0.25, 0.3) is 5.91 Å². The van der Waals surface area contributed by atoms with Crippen molar-refractivity contribution in [2.75, 3.05) is 11.5 Å². The predicted octanol–water partition coefficient (Wildman–Crippen LogP) is 2.93. The van der Waals surface area contributed by atoms with Gasteiger partial charge in [0.15, 0.2) is 6.10 Å². The molecule has 2 rings (SSSR count). The Kier molecular flexibility index (Phi) is 7.19. The summed E-state index contributed by atoms with van der Waals surface area (Å²) >= 11 is 3.81. The van der Waals surface area contributed by atoms with Gasteiger partial charge >= 0.3 is 12.0 Å². The van der Waals surface area contributed by atoms with Crippen molar-refractivity contribution in [1.82, 2.24) is 5.32 Å². The fraction of sp³-hybridized carbons (Fsp3) is 0.471. The average molecular weight is 383 g/mol. The Morgan fingerprint density at radius 2 is 1.76 bits per heavy atom. The van der Waals surface area contributed by atoms with E-state index < -0.39 is 24.0 Å². The van der Waals surface area contributed by atoms with Crippen molar-refractivity contribution in [3.05, 3.63) is 35.4 Å². The molecule has 1 atom stereocenters. The third-order valence-electron chi connectivity index (χ3n) is 3.59. The van der Waals surface area contributed by atoms with Gasteiger partial charge in [0.05, 0.1) is 10.1 Å². The van der Waals surface area contributed by atoms with Crippen LogP contribution in [0, 0.1) is 5.92 Å². The maximum absolute atomic E-state index is 12.3. The molecule has 1 aromatic rings. The van der Waals surface area contributed by atoms with E-state index in [9.17, 15) is 14.4 Å². The molecule has 0 unspecified atom stereocenters. The van der Waals surface area contributed by atoms with E-state index in [0.717, 1.165) is 17.1 Å². The number of primary amides is 1. The van der Waals surface area contributed by atoms with Gasteiger partial charge in [-0.05, 0) is 41.5 Å². The highest BCUT2D eigenvalue weighted by Gasteiger charge is 2.28. The zero-order valence-corrected chi connectivity index (χ0v) is 15.8. The van der Waals surface area contributed by atoms with Crippen molar-refractivity contribution in [1.29, 1.82) is 0 Å². The third kappa shape index (κ3) is 5.67. The van der Waals surface area contributed by atoms with Gasteiger partial charge in [-0.25, -0.2) is 9.59 Å². The van der Waals surface area contributed by atoms with Crippen LogP contribution < -0.4 is 11.1 Å². The lowest BCUT2D eigenvalue weighted by molar-refractivity contribution is -0.130. The third-order valence-corrected chi connectivity index (χ3v) is 6.61. The molecule has 1 aromatic carbocycles. The Morgan fingerprint density at radius 3 is 2.28 bits per heavy atom. The molecule has 136 valence electrons. The molecule has 1 heterocycles. The van der Waals surface area contributed by atoms with E-state index in [1.165, 1.54) is 6.42 Å². The van der Waals surface area contributed by atoms with Gasteiger partial charge in [0, 0.05) is 0 Å². The first-order chi connectivity index (χ1) is 11.9. The summed E-state index contributed by atoms with van der Waals surface area (Å²) in [6.45, 7) is 3.44. The Balaban J connectivity index is 2.03. The quantitative estimate of drug-likeness (QED) is 0.760. The summed E-state index contributed by atoms with van der Waals surface area (Å²) in [7, 11) is 0. The molecule has 1 aliphatic heterocycles. The van der Waals surface area contributed by atoms with Gasteiger partial charge in [-0.2, -0.15) is 0 Å². The number of rotatable bonds is 5. The average Bonchev–Trinajstić information content (AvgIpc) is 2.59. The largest absolute Gasteiger partial charge is 0.448 e. The maximum Gasteiger partial charge on any atom is 0.338 e. The SMILES string of the molecule is CC(C)[C@@H](OC(=O)c1ccc(C2SCCCS2)cc1)C(=O)NC(N)=O. The molecule has 0 saturated carbocycles. The fourth-order valence-corrected chi connectivity index (χ4v) is 5.22. The first-order valence-corrected chi connectivity index (χ1v) is 10.1. The number of nitrogens with one attached hydrogen (secondary N) is 1. The number of imide groups is 1. The number of carbonyl (C=O) groups excluding carboxylic acids is 3. The lowest BCUT2D eigenvalue weighted by Crippen LogP contribution is -2.45. The van der Waals surface area contributed by atoms with E-state index in [1.807, 2.05) is 41.0 Å². The van der Waals surface area contributed by atoms with E-state index in [2.05, 4.69) is 0 Å². The highest BCUT2D eigenvalue weighted by Crippen LogP contribution is 2.43. The molecule has 0 aromatic heterocycles. The highest BCUT2D eigenvalue weighted by atomic mass is 32.2. The van der Waals surface area contributed by atoms with Gasteiger partial charge < -0.3 is 10.5 Å². The monoisotopic (exact) mass is 382 g/mol. The van der Waals surface area contributed by atoms with Crippen molar-refractivity contribution in [2.24, 2.45) is 11.7 Å². The summed E-state index contributed by atoms with van der Waals surface area (Å²) in [5.41, 5.74) is 6.48. The van der Waals surface area contributed by atoms with Crippen molar-refractivity contribution in [3.63, 3.8) is 0 Å². The van der Waals surface area contributed by atoms with Crippen LogP contribution in [0.1, 0.15) is 40.8 Å². The minimum absolute atomic E-state index is 0.294. The maximum atomic E-state index is 12.3. The van der Waals surface area contributed by atoms with E-state index in [0.29, 0.717) is 10.1 Å². The second kappa shape index (κ2) is 9.15. The number of benzene rings is 1. The van der Waals surface area contributed by atoms with E-state index in [1.54, 1.807) is 26.0 Å². The number of urea groups is 1. The molecule has 25 heavy (non-hydrogen) atoms. The van der Waals surface area contributed by atoms with E-state index >= 15 is 0 Å². The molecular formula is C17H22N2O4S2. The minimum Gasteiger partial charge on any atom is -0.448 e. The summed E-state index contributed by atoms with van der Waals surface area (Å²) in [4.78, 5) is 35.1. The van der Waals surface area contributed by atoms with Crippen LogP contribution in [0.15, 0.2) is 24.3 Å². The number of nitrogens with two attached hydrogens (primary N) is 1. The van der Waals surface area contributed by atoms with Crippen molar-refractivity contribution < 1.29 is 19.1 Å². The topological polar surface area (TPSA) is 98.5 Å². The molecule has 3 N–H and O–H groups in total. The molecule has 8 heteroatoms. The number of amides is 3. The van der Waals surface area contributed by atoms with Crippen molar-refractivity contribution in [2.45, 2.75) is 31.0 Å². The number of hydrogen-bond acceptors (Lipinski definition) is 6. The fourth-order valence-electron chi connectivity index (χ4n) is 2.32. The summed E-state index contributed by atoms with van der Waals surface area (Å²) in [6, 6.07) is 6.27. The van der Waals surface area contributed by atoms with Crippen LogP contribution in [0.5, 0.6) is 0 Å². The van der Waals surface area contributed by atoms with Crippen molar-refractivity contribution >= 4 is 41.4 Å². The molecule has 0 spiro atoms. The molecule has 1 saturated heterocycles. The second-order valence-corrected chi connectivity index (χ2v) is 8.70. The van der Waals surface area contributed by atoms with Crippen LogP contribution in [0.4, 0.5) is 4.79 Å². The Labute approximate surface area is 155 Å². The van der Waals surface area contributed by atoms with Crippen molar-refractivity contribution in [3.8, 4) is 0 Å². The number of thioether (sulfide) groups is 2. The van der Waals surface area contributed by atoms with Crippen LogP contribution in [-0.2, 0) is 9.53 Å². The molecule has 1 aliphatic rings. The lowest BCUT2D eigenvalue weighted by Gasteiger charge is -2.22. The van der Waals surface area contributed by atoms with Crippen LogP contribution >= 0.6 is 23.5 Å². The number of carbonyl (C=O) groups is 3. The van der Waals surface area contributed by atoms with Gasteiger partial charge in [-0.15, -0.1) is 23.5 Å². The van der Waals surface area contributed by atoms with Gasteiger partial charge in [-0.3, -0.25) is 10.1 Å². The zero-order valence-electron chi connectivity index (χ0n) is 14.2. The standard InChI is InChI=1S/C17H22N2O4S2/c1-10(2)13(14(20)19-17(18)22)23-15(21)11-4-6-12(7-5-11)16-24-8-3-9-25-16/h4-7,10,13,16H,3,8-9H2,1-2H3,(H3,18,19,20,22)/t13-/m1/s1. The first-order valence-electron chi connectivity index (χ1n) is 8.03. The Hall–Kier alpha value is -1.67. The number of hydrogen-bond donors (Lipinski definition) is 2. The molecule has 0 aliphatic carbocycles. The normalized spacial score (nSPS) is 16.3. The minimum atomic E-state index is -1.08. The lowest BCUT2D eigenvalue weighted by atomic mass is 10.1. The van der Waals surface area contributed by atoms with Crippen LogP contribution in [-0.4, -0.2) is 35.5 Å². The predicted molar refractivity (Wildman–Crippen MR) is 100 cm³/mol. The first kappa shape index (κ1) is 19.7. The Morgan fingerprint density at radius 1 is 1.16 bits per heavy atom. The highest BCUT2D eigenvalue weighted by molar-refractivity contribution is 8.16. The van der Waals surface area contributed by atoms with Crippen LogP contribution in [0.25, 0.3) is 0 Å². The summed E-state index contributed by atoms with van der Waals surface area (Å²) in [6.07, 6.45) is 0.143. The molecule has 3 amide bonds. The molecule has 0 radical (unpaired) electrons. The Bertz CT molecular complexity index is 628. The van der Waals surface area contributed by atoms with Gasteiger partial charge in [0.1, 0.15) is 0 Å². The smallest absolute Gasteiger partial charge is 0.338 e. The molecule has 0 bridgehead atoms. The molecular weight excluding hydrogens is 360 g/mol. The van der Waals surface area contributed by atoms with E-state index in [4.69, 9.17) is 10.5 Å². The summed E-state index contributed by atoms with van der Waals surface area (Å²) in [5, 5.41) is 1.95. The second-order valence-electron chi connectivity index (χ2n) is 5.97. The number of esters is 1. The number of ether oxygens (including phenoxy) is 1. The zero-order chi connectivity index (χ0) is 18.4. The van der Waals surface area contributed by atoms with E-state index in [-0.39, 0.29) is 5.92 Å². The van der Waals surface area contributed by atoms with Gasteiger partial charge in [0.2, 0.25) is 0 Å². The van der Waals surface area contributed by atoms with Gasteiger partial charge in [-0.1, -0.05) is 26.0 Å². The summed E-state index contributed by atoms with van der Waals surface area (Å²) in [5.74, 6) is 0.674. The molecule has 6 nitrogen and oxygen atoms in total. The summed E-state index contributed by atoms with van der Waals surface area (Å²) < 4.78 is 5.67. The molecule has 1 fully saturated rings.